The van der Waals surface area contributed by atoms with E-state index in [2.05, 4.69) is 0 Å². The van der Waals surface area contributed by atoms with Crippen LogP contribution in [0.4, 0.5) is 0 Å². The van der Waals surface area contributed by atoms with Gasteiger partial charge in [0.05, 0.1) is 12.7 Å². The monoisotopic (exact) mass is 338 g/mol. The average molecular weight is 338 g/mol. The van der Waals surface area contributed by atoms with E-state index in [1.165, 1.54) is 11.8 Å². The van der Waals surface area contributed by atoms with Gasteiger partial charge in [-0.3, -0.25) is 0 Å². The molecule has 1 saturated carbocycles. The molecule has 4 aliphatic rings. The summed E-state index contributed by atoms with van der Waals surface area (Å²) in [4.78, 5) is 0. The second-order valence-corrected chi connectivity index (χ2v) is 6.82. The van der Waals surface area contributed by atoms with E-state index in [9.17, 15) is 15.3 Å². The first kappa shape index (κ1) is 16.9. The summed E-state index contributed by atoms with van der Waals surface area (Å²) in [7, 11) is 0. The van der Waals surface area contributed by atoms with Crippen molar-refractivity contribution in [2.45, 2.75) is 55.6 Å². The fourth-order valence-electron chi connectivity index (χ4n) is 2.95. The van der Waals surface area contributed by atoms with Gasteiger partial charge in [0, 0.05) is 12.4 Å². The average Bonchev–Trinajstić information content (AvgIpc) is 2.52. The van der Waals surface area contributed by atoms with Crippen LogP contribution in [0.3, 0.4) is 0 Å². The summed E-state index contributed by atoms with van der Waals surface area (Å²) in [5.74, 6) is 1.26. The quantitative estimate of drug-likeness (QED) is 0.375. The summed E-state index contributed by atoms with van der Waals surface area (Å²) >= 11 is 1.53. The molecule has 128 valence electrons. The maximum atomic E-state index is 10.1. The third kappa shape index (κ3) is 3.28. The van der Waals surface area contributed by atoms with Gasteiger partial charge in [0.15, 0.2) is 0 Å². The SMILES string of the molecule is OCC(O)CSCCCOC1[C@H]2OC3OC([C@H]2O)[C@@H](O)[C@H]1O3. The van der Waals surface area contributed by atoms with Crippen molar-refractivity contribution in [3.05, 3.63) is 0 Å². The molecule has 1 aliphatic carbocycles. The first-order valence-corrected chi connectivity index (χ1v) is 8.58. The van der Waals surface area contributed by atoms with Crippen molar-refractivity contribution in [1.82, 2.24) is 0 Å². The van der Waals surface area contributed by atoms with Gasteiger partial charge in [0.25, 0.3) is 6.48 Å². The molecule has 0 amide bonds. The highest BCUT2D eigenvalue weighted by atomic mass is 32.2. The van der Waals surface area contributed by atoms with E-state index < -0.39 is 49.2 Å². The minimum atomic E-state index is -0.925. The highest BCUT2D eigenvalue weighted by Crippen LogP contribution is 2.40. The molecule has 4 unspecified atom stereocenters. The topological polar surface area (TPSA) is 118 Å². The molecule has 0 radical (unpaired) electrons. The minimum absolute atomic E-state index is 0.232. The number of hydrogen-bond donors (Lipinski definition) is 4. The Labute approximate surface area is 132 Å². The Hall–Kier alpha value is 0.0300. The summed E-state index contributed by atoms with van der Waals surface area (Å²) in [6, 6.07) is 0. The largest absolute Gasteiger partial charge is 0.394 e. The molecule has 0 aromatic carbocycles. The molecular weight excluding hydrogens is 316 g/mol. The predicted octanol–water partition coefficient (Wildman–Crippen LogP) is -1.95. The van der Waals surface area contributed by atoms with Crippen LogP contribution in [0, 0.1) is 0 Å². The molecule has 4 fully saturated rings. The lowest BCUT2D eigenvalue weighted by atomic mass is 9.82. The lowest BCUT2D eigenvalue weighted by molar-refractivity contribution is -0.483. The van der Waals surface area contributed by atoms with E-state index >= 15 is 0 Å². The zero-order valence-electron chi connectivity index (χ0n) is 12.0. The number of aliphatic hydroxyl groups is 4. The molecule has 4 N–H and O–H groups in total. The lowest BCUT2D eigenvalue weighted by Gasteiger charge is -2.56. The Morgan fingerprint density at radius 3 is 2.32 bits per heavy atom. The highest BCUT2D eigenvalue weighted by Gasteiger charge is 2.61. The Kier molecular flexibility index (Phi) is 5.59. The van der Waals surface area contributed by atoms with Crippen molar-refractivity contribution in [1.29, 1.82) is 0 Å². The lowest BCUT2D eigenvalue weighted by Crippen LogP contribution is -2.75. The van der Waals surface area contributed by atoms with E-state index in [4.69, 9.17) is 24.1 Å². The molecular formula is C13H22O8S. The van der Waals surface area contributed by atoms with Crippen LogP contribution in [0.1, 0.15) is 6.42 Å². The van der Waals surface area contributed by atoms with Crippen LogP contribution in [-0.2, 0) is 18.9 Å². The van der Waals surface area contributed by atoms with Gasteiger partial charge in [-0.1, -0.05) is 0 Å². The number of hydrogen-bond acceptors (Lipinski definition) is 9. The molecule has 9 heteroatoms. The molecule has 0 aromatic heterocycles. The normalized spacial score (nSPS) is 44.5. The van der Waals surface area contributed by atoms with E-state index in [-0.39, 0.29) is 6.61 Å². The van der Waals surface area contributed by atoms with E-state index in [1.54, 1.807) is 0 Å². The maximum absolute atomic E-state index is 10.1. The molecule has 4 bridgehead atoms. The zero-order valence-corrected chi connectivity index (χ0v) is 12.8. The van der Waals surface area contributed by atoms with E-state index in [0.29, 0.717) is 12.4 Å². The molecule has 3 saturated heterocycles. The summed E-state index contributed by atoms with van der Waals surface area (Å²) in [6.07, 6.45) is -4.09. The van der Waals surface area contributed by atoms with Crippen LogP contribution in [0.15, 0.2) is 0 Å². The molecule has 0 spiro atoms. The molecule has 3 heterocycles. The Morgan fingerprint density at radius 2 is 1.68 bits per heavy atom. The standard InChI is InChI=1S/C13H22O8S/c14-4-6(15)5-22-3-1-2-18-12-10-7(16)9-8(17)11(12)21-13(19-9)20-10/h6-17H,1-5H2/t6?,7-,8-,9?,10-,11+,12?,13?/m1/s1. The first-order chi connectivity index (χ1) is 10.6. The van der Waals surface area contributed by atoms with Gasteiger partial charge >= 0.3 is 0 Å². The second kappa shape index (κ2) is 7.29. The first-order valence-electron chi connectivity index (χ1n) is 7.42. The van der Waals surface area contributed by atoms with Crippen molar-refractivity contribution in [3.8, 4) is 0 Å². The van der Waals surface area contributed by atoms with Crippen LogP contribution in [0.25, 0.3) is 0 Å². The van der Waals surface area contributed by atoms with E-state index in [1.807, 2.05) is 0 Å². The molecule has 8 atom stereocenters. The fraction of sp³-hybridized carbons (Fsp3) is 1.00. The van der Waals surface area contributed by atoms with Crippen molar-refractivity contribution in [2.75, 3.05) is 24.7 Å². The van der Waals surface area contributed by atoms with E-state index in [0.717, 1.165) is 12.2 Å². The van der Waals surface area contributed by atoms with Gasteiger partial charge in [-0.15, -0.1) is 0 Å². The van der Waals surface area contributed by atoms with Gasteiger partial charge in [-0.05, 0) is 12.2 Å². The van der Waals surface area contributed by atoms with Crippen molar-refractivity contribution in [3.63, 3.8) is 0 Å². The summed E-state index contributed by atoms with van der Waals surface area (Å²) in [6.45, 7) is -0.631. The summed E-state index contributed by atoms with van der Waals surface area (Å²) < 4.78 is 21.8. The van der Waals surface area contributed by atoms with Gasteiger partial charge in [0.2, 0.25) is 0 Å². The van der Waals surface area contributed by atoms with Crippen molar-refractivity contribution < 1.29 is 39.4 Å². The zero-order chi connectivity index (χ0) is 15.7. The minimum Gasteiger partial charge on any atom is -0.394 e. The number of aliphatic hydroxyl groups excluding tert-OH is 4. The smallest absolute Gasteiger partial charge is 0.272 e. The molecule has 0 aromatic rings. The summed E-state index contributed by atoms with van der Waals surface area (Å²) in [5, 5.41) is 38.1. The van der Waals surface area contributed by atoms with Crippen LogP contribution < -0.4 is 0 Å². The van der Waals surface area contributed by atoms with Crippen molar-refractivity contribution >= 4 is 11.8 Å². The second-order valence-electron chi connectivity index (χ2n) is 5.67. The van der Waals surface area contributed by atoms with Gasteiger partial charge < -0.3 is 39.4 Å². The van der Waals surface area contributed by atoms with Gasteiger partial charge in [-0.25, -0.2) is 0 Å². The third-order valence-electron chi connectivity index (χ3n) is 4.06. The highest BCUT2D eigenvalue weighted by molar-refractivity contribution is 7.99. The van der Waals surface area contributed by atoms with Crippen LogP contribution >= 0.6 is 11.8 Å². The fourth-order valence-corrected chi connectivity index (χ4v) is 3.82. The molecule has 3 aliphatic heterocycles. The van der Waals surface area contributed by atoms with Crippen LogP contribution in [0.2, 0.25) is 0 Å². The third-order valence-corrected chi connectivity index (χ3v) is 5.26. The Balaban J connectivity index is 1.41. The molecule has 22 heavy (non-hydrogen) atoms. The maximum Gasteiger partial charge on any atom is 0.272 e. The summed E-state index contributed by atoms with van der Waals surface area (Å²) in [5.41, 5.74) is 0. The molecule has 4 rings (SSSR count). The number of ether oxygens (including phenoxy) is 4. The number of thioether (sulfide) groups is 1. The number of rotatable bonds is 8. The Morgan fingerprint density at radius 1 is 1.05 bits per heavy atom. The van der Waals surface area contributed by atoms with Crippen LogP contribution in [-0.4, -0.2) is 94.3 Å². The van der Waals surface area contributed by atoms with Gasteiger partial charge in [0.1, 0.15) is 36.6 Å². The Bertz CT molecular complexity index is 352. The molecule has 8 nitrogen and oxygen atoms in total. The predicted molar refractivity (Wildman–Crippen MR) is 75.2 cm³/mol. The van der Waals surface area contributed by atoms with Crippen molar-refractivity contribution in [2.24, 2.45) is 0 Å². The van der Waals surface area contributed by atoms with Crippen LogP contribution in [0.5, 0.6) is 0 Å². The van der Waals surface area contributed by atoms with Gasteiger partial charge in [-0.2, -0.15) is 11.8 Å².